The predicted octanol–water partition coefficient (Wildman–Crippen LogP) is -1.39. The maximum Gasteiger partial charge on any atom is 0.231 e. The summed E-state index contributed by atoms with van der Waals surface area (Å²) < 4.78 is 0. The average Bonchev–Trinajstić information content (AvgIpc) is 2.28. The molecule has 0 fully saturated rings. The zero-order chi connectivity index (χ0) is 12.7. The number of aromatic nitrogens is 3. The minimum atomic E-state index is 0.0606. The fourth-order valence-electron chi connectivity index (χ4n) is 1.37. The molecular formula is C9H18N6O2. The van der Waals surface area contributed by atoms with Gasteiger partial charge in [-0.15, -0.1) is 0 Å². The maximum absolute atomic E-state index is 8.82. The quantitative estimate of drug-likeness (QED) is 0.459. The number of nitrogens with zero attached hydrogens (tertiary/aromatic N) is 4. The Kier molecular flexibility index (Phi) is 5.37. The highest BCUT2D eigenvalue weighted by Crippen LogP contribution is 2.11. The van der Waals surface area contributed by atoms with Crippen molar-refractivity contribution in [2.24, 2.45) is 0 Å². The molecule has 0 saturated heterocycles. The monoisotopic (exact) mass is 242 g/mol. The molecule has 0 aliphatic carbocycles. The van der Waals surface area contributed by atoms with Crippen molar-refractivity contribution in [3.05, 3.63) is 0 Å². The van der Waals surface area contributed by atoms with Gasteiger partial charge in [0.05, 0.1) is 0 Å². The van der Waals surface area contributed by atoms with Gasteiger partial charge in [0.1, 0.15) is 0 Å². The number of nitrogens with two attached hydrogens (primary N) is 2. The first-order valence-electron chi connectivity index (χ1n) is 5.41. The zero-order valence-electron chi connectivity index (χ0n) is 9.58. The molecular weight excluding hydrogens is 224 g/mol. The van der Waals surface area contributed by atoms with Gasteiger partial charge < -0.3 is 26.6 Å². The first kappa shape index (κ1) is 13.4. The third-order valence-electron chi connectivity index (χ3n) is 2.11. The summed E-state index contributed by atoms with van der Waals surface area (Å²) in [6.07, 6.45) is 1.16. The van der Waals surface area contributed by atoms with Crippen molar-refractivity contribution in [3.8, 4) is 0 Å². The van der Waals surface area contributed by atoms with Gasteiger partial charge in [0.15, 0.2) is 0 Å². The van der Waals surface area contributed by atoms with Crippen LogP contribution in [0.15, 0.2) is 0 Å². The first-order valence-corrected chi connectivity index (χ1v) is 5.41. The van der Waals surface area contributed by atoms with Gasteiger partial charge in [0.25, 0.3) is 0 Å². The summed E-state index contributed by atoms with van der Waals surface area (Å²) in [5, 5.41) is 17.6. The molecule has 0 bridgehead atoms. The van der Waals surface area contributed by atoms with Gasteiger partial charge in [-0.05, 0) is 12.8 Å². The molecule has 1 heterocycles. The smallest absolute Gasteiger partial charge is 0.231 e. The van der Waals surface area contributed by atoms with Crippen LogP contribution in [-0.4, -0.2) is 51.5 Å². The van der Waals surface area contributed by atoms with Crippen molar-refractivity contribution >= 4 is 17.8 Å². The molecule has 1 aromatic heterocycles. The largest absolute Gasteiger partial charge is 0.396 e. The van der Waals surface area contributed by atoms with Crippen LogP contribution >= 0.6 is 0 Å². The summed E-state index contributed by atoms with van der Waals surface area (Å²) in [6.45, 7) is 1.29. The molecule has 17 heavy (non-hydrogen) atoms. The molecule has 0 radical (unpaired) electrons. The van der Waals surface area contributed by atoms with E-state index in [1.165, 1.54) is 0 Å². The standard InChI is InChI=1S/C9H18N6O2/c10-7-12-8(11)14-9(13-7)15(3-1-5-16)4-2-6-17/h16-17H,1-6H2,(H4,10,11,12,13,14). The van der Waals surface area contributed by atoms with Crippen LogP contribution in [0.4, 0.5) is 17.8 Å². The lowest BCUT2D eigenvalue weighted by atomic mass is 10.3. The lowest BCUT2D eigenvalue weighted by Crippen LogP contribution is -2.29. The topological polar surface area (TPSA) is 134 Å². The number of rotatable bonds is 7. The van der Waals surface area contributed by atoms with Crippen LogP contribution in [0.3, 0.4) is 0 Å². The Morgan fingerprint density at radius 3 is 1.76 bits per heavy atom. The highest BCUT2D eigenvalue weighted by atomic mass is 16.3. The van der Waals surface area contributed by atoms with E-state index >= 15 is 0 Å². The van der Waals surface area contributed by atoms with Crippen molar-refractivity contribution in [1.82, 2.24) is 15.0 Å². The molecule has 0 saturated carbocycles. The van der Waals surface area contributed by atoms with Crippen molar-refractivity contribution in [3.63, 3.8) is 0 Å². The highest BCUT2D eigenvalue weighted by molar-refractivity contribution is 5.39. The SMILES string of the molecule is Nc1nc(N)nc(N(CCCO)CCCO)n1. The van der Waals surface area contributed by atoms with Gasteiger partial charge in [-0.2, -0.15) is 15.0 Å². The Morgan fingerprint density at radius 2 is 1.35 bits per heavy atom. The number of anilines is 3. The Bertz CT molecular complexity index is 320. The molecule has 0 aliphatic rings. The summed E-state index contributed by atoms with van der Waals surface area (Å²) in [4.78, 5) is 13.4. The van der Waals surface area contributed by atoms with Gasteiger partial charge >= 0.3 is 0 Å². The fourth-order valence-corrected chi connectivity index (χ4v) is 1.37. The van der Waals surface area contributed by atoms with Crippen molar-refractivity contribution in [2.75, 3.05) is 42.7 Å². The van der Waals surface area contributed by atoms with Crippen LogP contribution in [0.5, 0.6) is 0 Å². The van der Waals surface area contributed by atoms with E-state index in [-0.39, 0.29) is 25.1 Å². The third kappa shape index (κ3) is 4.37. The summed E-state index contributed by atoms with van der Waals surface area (Å²) in [5.41, 5.74) is 11.0. The number of hydrogen-bond acceptors (Lipinski definition) is 8. The van der Waals surface area contributed by atoms with Crippen molar-refractivity contribution in [2.45, 2.75) is 12.8 Å². The third-order valence-corrected chi connectivity index (χ3v) is 2.11. The molecule has 0 spiro atoms. The Hall–Kier alpha value is -1.67. The van der Waals surface area contributed by atoms with E-state index in [0.29, 0.717) is 31.9 Å². The van der Waals surface area contributed by atoms with Crippen LogP contribution in [0.2, 0.25) is 0 Å². The van der Waals surface area contributed by atoms with E-state index in [1.54, 1.807) is 4.90 Å². The molecule has 6 N–H and O–H groups in total. The van der Waals surface area contributed by atoms with E-state index in [4.69, 9.17) is 21.7 Å². The fraction of sp³-hybridized carbons (Fsp3) is 0.667. The van der Waals surface area contributed by atoms with Gasteiger partial charge in [0.2, 0.25) is 17.8 Å². The molecule has 8 nitrogen and oxygen atoms in total. The predicted molar refractivity (Wildman–Crippen MR) is 64.3 cm³/mol. The maximum atomic E-state index is 8.82. The second-order valence-electron chi connectivity index (χ2n) is 3.49. The first-order chi connectivity index (χ1) is 8.17. The minimum Gasteiger partial charge on any atom is -0.396 e. The average molecular weight is 242 g/mol. The lowest BCUT2D eigenvalue weighted by molar-refractivity contribution is 0.281. The van der Waals surface area contributed by atoms with Crippen LogP contribution in [0, 0.1) is 0 Å². The molecule has 1 aromatic rings. The van der Waals surface area contributed by atoms with Crippen molar-refractivity contribution < 1.29 is 10.2 Å². The number of hydrogen-bond donors (Lipinski definition) is 4. The van der Waals surface area contributed by atoms with Gasteiger partial charge in [-0.1, -0.05) is 0 Å². The number of nitrogen functional groups attached to an aromatic ring is 2. The molecule has 1 rings (SSSR count). The van der Waals surface area contributed by atoms with Crippen LogP contribution in [-0.2, 0) is 0 Å². The Morgan fingerprint density at radius 1 is 0.882 bits per heavy atom. The normalized spacial score (nSPS) is 10.5. The molecule has 0 aromatic carbocycles. The van der Waals surface area contributed by atoms with E-state index in [9.17, 15) is 0 Å². The van der Waals surface area contributed by atoms with Crippen molar-refractivity contribution in [1.29, 1.82) is 0 Å². The van der Waals surface area contributed by atoms with Gasteiger partial charge in [0, 0.05) is 26.3 Å². The van der Waals surface area contributed by atoms with Gasteiger partial charge in [-0.25, -0.2) is 0 Å². The molecule has 0 atom stereocenters. The second-order valence-corrected chi connectivity index (χ2v) is 3.49. The van der Waals surface area contributed by atoms with E-state index < -0.39 is 0 Å². The summed E-state index contributed by atoms with van der Waals surface area (Å²) >= 11 is 0. The van der Waals surface area contributed by atoms with Crippen LogP contribution in [0.1, 0.15) is 12.8 Å². The molecule has 8 heteroatoms. The van der Waals surface area contributed by atoms with E-state index in [0.717, 1.165) is 0 Å². The van der Waals surface area contributed by atoms with E-state index in [2.05, 4.69) is 15.0 Å². The van der Waals surface area contributed by atoms with Crippen LogP contribution < -0.4 is 16.4 Å². The van der Waals surface area contributed by atoms with E-state index in [1.807, 2.05) is 0 Å². The molecule has 0 aliphatic heterocycles. The lowest BCUT2D eigenvalue weighted by Gasteiger charge is -2.21. The number of aliphatic hydroxyl groups excluding tert-OH is 2. The zero-order valence-corrected chi connectivity index (χ0v) is 9.58. The Balaban J connectivity index is 2.78. The minimum absolute atomic E-state index is 0.0606. The molecule has 0 amide bonds. The highest BCUT2D eigenvalue weighted by Gasteiger charge is 2.11. The summed E-state index contributed by atoms with van der Waals surface area (Å²) in [5.74, 6) is 0.493. The second kappa shape index (κ2) is 6.81. The van der Waals surface area contributed by atoms with Crippen LogP contribution in [0.25, 0.3) is 0 Å². The summed E-state index contributed by atoms with van der Waals surface area (Å²) in [6, 6.07) is 0. The molecule has 96 valence electrons. The summed E-state index contributed by atoms with van der Waals surface area (Å²) in [7, 11) is 0. The Labute approximate surface area is 99.3 Å². The molecule has 0 unspecified atom stereocenters. The van der Waals surface area contributed by atoms with Gasteiger partial charge in [-0.3, -0.25) is 0 Å². The number of aliphatic hydroxyl groups is 2.